The normalized spacial score (nSPS) is 12.4. The number of hydrogen-bond donors (Lipinski definition) is 3. The summed E-state index contributed by atoms with van der Waals surface area (Å²) in [6.45, 7) is 2.40. The van der Waals surface area contributed by atoms with Gasteiger partial charge in [-0.15, -0.1) is 0 Å². The highest BCUT2D eigenvalue weighted by molar-refractivity contribution is 5.76. The van der Waals surface area contributed by atoms with Crippen molar-refractivity contribution in [1.82, 2.24) is 15.3 Å². The van der Waals surface area contributed by atoms with Crippen LogP contribution >= 0.6 is 0 Å². The molecule has 0 saturated heterocycles. The van der Waals surface area contributed by atoms with E-state index in [4.69, 9.17) is 5.73 Å². The summed E-state index contributed by atoms with van der Waals surface area (Å²) in [4.78, 5) is 18.2. The maximum atomic E-state index is 11.3. The van der Waals surface area contributed by atoms with Gasteiger partial charge in [0.2, 0.25) is 5.91 Å². The van der Waals surface area contributed by atoms with Crippen LogP contribution in [-0.2, 0) is 11.3 Å². The molecule has 0 spiro atoms. The molecule has 0 aliphatic carbocycles. The fraction of sp³-hybridized carbons (Fsp3) is 0.556. The third-order valence-electron chi connectivity index (χ3n) is 1.98. The predicted octanol–water partition coefficient (Wildman–Crippen LogP) is 0.153. The molecule has 78 valence electrons. The Morgan fingerprint density at radius 2 is 2.57 bits per heavy atom. The van der Waals surface area contributed by atoms with Gasteiger partial charge in [0, 0.05) is 24.9 Å². The Bertz CT molecular complexity index is 270. The number of carbonyl (C=O) groups excluding carboxylic acids is 1. The van der Waals surface area contributed by atoms with Gasteiger partial charge in [0.1, 0.15) is 5.82 Å². The summed E-state index contributed by atoms with van der Waals surface area (Å²) in [6, 6.07) is -0.0494. The van der Waals surface area contributed by atoms with Gasteiger partial charge in [-0.25, -0.2) is 4.98 Å². The first-order chi connectivity index (χ1) is 6.72. The Labute approximate surface area is 83.1 Å². The summed E-state index contributed by atoms with van der Waals surface area (Å²) >= 11 is 0. The number of aromatic amines is 1. The van der Waals surface area contributed by atoms with Gasteiger partial charge in [-0.2, -0.15) is 0 Å². The molecule has 1 rings (SSSR count). The number of H-pyrrole nitrogens is 1. The second-order valence-corrected chi connectivity index (χ2v) is 3.19. The van der Waals surface area contributed by atoms with Crippen molar-refractivity contribution in [1.29, 1.82) is 0 Å². The van der Waals surface area contributed by atoms with E-state index in [1.807, 2.05) is 6.92 Å². The molecule has 5 heteroatoms. The lowest BCUT2D eigenvalue weighted by Crippen LogP contribution is -2.31. The highest BCUT2D eigenvalue weighted by atomic mass is 16.1. The van der Waals surface area contributed by atoms with Crippen LogP contribution in [0.5, 0.6) is 0 Å². The van der Waals surface area contributed by atoms with E-state index in [9.17, 15) is 4.79 Å². The van der Waals surface area contributed by atoms with E-state index in [1.165, 1.54) is 0 Å². The fourth-order valence-corrected chi connectivity index (χ4v) is 1.03. The van der Waals surface area contributed by atoms with Crippen LogP contribution in [0.1, 0.15) is 25.6 Å². The van der Waals surface area contributed by atoms with Crippen LogP contribution < -0.4 is 11.1 Å². The Balaban J connectivity index is 2.22. The SMILES string of the molecule is CCC(N)CC(=O)NCc1ncc[nH]1. The average Bonchev–Trinajstić information content (AvgIpc) is 2.67. The number of hydrogen-bond acceptors (Lipinski definition) is 3. The molecule has 1 atom stereocenters. The highest BCUT2D eigenvalue weighted by Gasteiger charge is 2.07. The van der Waals surface area contributed by atoms with E-state index in [0.717, 1.165) is 12.2 Å². The second-order valence-electron chi connectivity index (χ2n) is 3.19. The van der Waals surface area contributed by atoms with Gasteiger partial charge in [-0.3, -0.25) is 4.79 Å². The molecule has 0 aliphatic heterocycles. The van der Waals surface area contributed by atoms with Gasteiger partial charge in [0.05, 0.1) is 6.54 Å². The van der Waals surface area contributed by atoms with E-state index in [1.54, 1.807) is 12.4 Å². The summed E-state index contributed by atoms with van der Waals surface area (Å²) < 4.78 is 0. The molecule has 5 nitrogen and oxygen atoms in total. The van der Waals surface area contributed by atoms with E-state index in [2.05, 4.69) is 15.3 Å². The van der Waals surface area contributed by atoms with E-state index >= 15 is 0 Å². The third kappa shape index (κ3) is 3.57. The summed E-state index contributed by atoms with van der Waals surface area (Å²) in [5.74, 6) is 0.721. The third-order valence-corrected chi connectivity index (χ3v) is 1.98. The number of imidazole rings is 1. The van der Waals surface area contributed by atoms with Gasteiger partial charge in [0.25, 0.3) is 0 Å². The quantitative estimate of drug-likeness (QED) is 0.627. The first-order valence-corrected chi connectivity index (χ1v) is 4.73. The van der Waals surface area contributed by atoms with Crippen molar-refractivity contribution in [2.45, 2.75) is 32.4 Å². The van der Waals surface area contributed by atoms with Gasteiger partial charge >= 0.3 is 0 Å². The highest BCUT2D eigenvalue weighted by Crippen LogP contribution is 1.94. The summed E-state index contributed by atoms with van der Waals surface area (Å²) in [5.41, 5.74) is 5.64. The van der Waals surface area contributed by atoms with Crippen molar-refractivity contribution < 1.29 is 4.79 Å². The first-order valence-electron chi connectivity index (χ1n) is 4.73. The lowest BCUT2D eigenvalue weighted by molar-refractivity contribution is -0.121. The van der Waals surface area contributed by atoms with Crippen LogP contribution in [0, 0.1) is 0 Å². The minimum atomic E-state index is -0.0494. The maximum Gasteiger partial charge on any atom is 0.221 e. The number of rotatable bonds is 5. The van der Waals surface area contributed by atoms with E-state index in [-0.39, 0.29) is 11.9 Å². The first kappa shape index (κ1) is 10.7. The Kier molecular flexibility index (Phi) is 4.12. The topological polar surface area (TPSA) is 83.8 Å². The summed E-state index contributed by atoms with van der Waals surface area (Å²) in [6.07, 6.45) is 4.56. The van der Waals surface area contributed by atoms with Crippen molar-refractivity contribution in [2.75, 3.05) is 0 Å². The lowest BCUT2D eigenvalue weighted by Gasteiger charge is -2.08. The molecule has 4 N–H and O–H groups in total. The van der Waals surface area contributed by atoms with Gasteiger partial charge in [-0.05, 0) is 6.42 Å². The number of aromatic nitrogens is 2. The molecule has 0 aromatic carbocycles. The molecular weight excluding hydrogens is 180 g/mol. The maximum absolute atomic E-state index is 11.3. The van der Waals surface area contributed by atoms with Crippen LogP contribution in [0.2, 0.25) is 0 Å². The van der Waals surface area contributed by atoms with Crippen molar-refractivity contribution >= 4 is 5.91 Å². The smallest absolute Gasteiger partial charge is 0.221 e. The molecule has 0 saturated carbocycles. The Morgan fingerprint density at radius 1 is 1.79 bits per heavy atom. The molecule has 1 aromatic rings. The molecule has 0 aliphatic rings. The van der Waals surface area contributed by atoms with Crippen LogP contribution in [0.25, 0.3) is 0 Å². The number of nitrogens with two attached hydrogens (primary N) is 1. The average molecular weight is 196 g/mol. The molecule has 1 amide bonds. The Hall–Kier alpha value is -1.36. The van der Waals surface area contributed by atoms with Crippen LogP contribution in [-0.4, -0.2) is 21.9 Å². The molecule has 1 unspecified atom stereocenters. The molecule has 0 fully saturated rings. The largest absolute Gasteiger partial charge is 0.349 e. The zero-order valence-electron chi connectivity index (χ0n) is 8.29. The second kappa shape index (κ2) is 5.39. The van der Waals surface area contributed by atoms with Gasteiger partial charge < -0.3 is 16.0 Å². The number of amides is 1. The monoisotopic (exact) mass is 196 g/mol. The molecular formula is C9H16N4O. The predicted molar refractivity (Wildman–Crippen MR) is 53.3 cm³/mol. The van der Waals surface area contributed by atoms with Crippen LogP contribution in [0.15, 0.2) is 12.4 Å². The standard InChI is InChI=1S/C9H16N4O/c1-2-7(10)5-9(14)13-6-8-11-3-4-12-8/h3-4,7H,2,5-6,10H2,1H3,(H,11,12)(H,13,14). The van der Waals surface area contributed by atoms with Crippen LogP contribution in [0.4, 0.5) is 0 Å². The van der Waals surface area contributed by atoms with Gasteiger partial charge in [0.15, 0.2) is 0 Å². The van der Waals surface area contributed by atoms with Crippen molar-refractivity contribution in [3.8, 4) is 0 Å². The number of carbonyl (C=O) groups is 1. The molecule has 0 radical (unpaired) electrons. The number of nitrogens with zero attached hydrogens (tertiary/aromatic N) is 1. The zero-order valence-corrected chi connectivity index (χ0v) is 8.29. The molecule has 14 heavy (non-hydrogen) atoms. The van der Waals surface area contributed by atoms with Gasteiger partial charge in [-0.1, -0.05) is 6.92 Å². The number of nitrogens with one attached hydrogen (secondary N) is 2. The lowest BCUT2D eigenvalue weighted by atomic mass is 10.1. The van der Waals surface area contributed by atoms with Crippen LogP contribution in [0.3, 0.4) is 0 Å². The van der Waals surface area contributed by atoms with Crippen molar-refractivity contribution in [3.05, 3.63) is 18.2 Å². The summed E-state index contributed by atoms with van der Waals surface area (Å²) in [5, 5.41) is 2.74. The zero-order chi connectivity index (χ0) is 10.4. The minimum Gasteiger partial charge on any atom is -0.349 e. The Morgan fingerprint density at radius 3 is 3.14 bits per heavy atom. The van der Waals surface area contributed by atoms with Crippen molar-refractivity contribution in [2.24, 2.45) is 5.73 Å². The molecule has 1 heterocycles. The fourth-order valence-electron chi connectivity index (χ4n) is 1.03. The minimum absolute atomic E-state index is 0.0317. The summed E-state index contributed by atoms with van der Waals surface area (Å²) in [7, 11) is 0. The molecule has 1 aromatic heterocycles. The van der Waals surface area contributed by atoms with Crippen molar-refractivity contribution in [3.63, 3.8) is 0 Å². The molecule has 0 bridgehead atoms. The van der Waals surface area contributed by atoms with E-state index < -0.39 is 0 Å². The van der Waals surface area contributed by atoms with E-state index in [0.29, 0.717) is 13.0 Å².